The Bertz CT molecular complexity index is 43.3. The fourth-order valence-corrected chi connectivity index (χ4v) is 0. The van der Waals surface area contributed by atoms with Crippen molar-refractivity contribution in [2.45, 2.75) is 13.3 Å². The zero-order valence-electron chi connectivity index (χ0n) is 4.90. The van der Waals surface area contributed by atoms with Gasteiger partial charge in [0.1, 0.15) is 0 Å². The van der Waals surface area contributed by atoms with E-state index in [1.807, 2.05) is 0 Å². The molecule has 0 aromatic heterocycles. The van der Waals surface area contributed by atoms with E-state index in [1.54, 1.807) is 0 Å². The Hall–Kier alpha value is 0.774. The topological polar surface area (TPSA) is 17.1 Å². The molecule has 0 aliphatic carbocycles. The smallest absolute Gasteiger partial charge is 0.0998 e. The number of carbonyl (C=O) groups is 1. The van der Waals surface area contributed by atoms with E-state index in [4.69, 9.17) is 0 Å². The molecule has 0 saturated carbocycles. The predicted molar refractivity (Wildman–Crippen MR) is 27.1 cm³/mol. The van der Waals surface area contributed by atoms with Crippen LogP contribution in [-0.4, -0.2) is 5.78 Å². The van der Waals surface area contributed by atoms with Gasteiger partial charge in [-0.3, -0.25) is 0 Å². The summed E-state index contributed by atoms with van der Waals surface area (Å²) >= 11 is 0. The summed E-state index contributed by atoms with van der Waals surface area (Å²) in [7, 11) is 0. The van der Waals surface area contributed by atoms with Crippen LogP contribution in [0.5, 0.6) is 0 Å². The summed E-state index contributed by atoms with van der Waals surface area (Å²) in [5.41, 5.74) is 0. The van der Waals surface area contributed by atoms with E-state index in [-0.39, 0.29) is 45.9 Å². The monoisotopic (exact) mass is 175 g/mol. The zero-order chi connectivity index (χ0) is 4.28. The first-order valence-corrected chi connectivity index (χ1v) is 1.56. The van der Waals surface area contributed by atoms with Crippen molar-refractivity contribution in [1.29, 1.82) is 0 Å². The Morgan fingerprint density at radius 1 is 1.71 bits per heavy atom. The molecule has 0 heterocycles. The molecular weight excluding hydrogens is 165 g/mol. The van der Waals surface area contributed by atoms with Crippen molar-refractivity contribution in [2.24, 2.45) is 0 Å². The quantitative estimate of drug-likeness (QED) is 0.548. The van der Waals surface area contributed by atoms with Gasteiger partial charge >= 0.3 is 0 Å². The van der Waals surface area contributed by atoms with Gasteiger partial charge in [0.25, 0.3) is 0 Å². The van der Waals surface area contributed by atoms with E-state index in [0.29, 0.717) is 6.42 Å². The third-order valence-corrected chi connectivity index (χ3v) is 0.352. The molecule has 0 N–H and O–H groups in total. The van der Waals surface area contributed by atoms with Crippen LogP contribution in [0.2, 0.25) is 0 Å². The molecule has 0 rings (SSSR count). The third kappa shape index (κ3) is 20.1. The van der Waals surface area contributed by atoms with Gasteiger partial charge in [0.2, 0.25) is 0 Å². The van der Waals surface area contributed by atoms with Gasteiger partial charge in [-0.1, -0.05) is 0 Å². The van der Waals surface area contributed by atoms with Gasteiger partial charge in [-0.2, -0.15) is 0 Å². The molecule has 1 radical (unpaired) electrons. The molecule has 0 aromatic rings. The minimum Gasteiger partial charge on any atom is -0.358 e. The molecule has 0 bridgehead atoms. The molecular formula is C5H10OY-2. The number of rotatable bonds is 1. The van der Waals surface area contributed by atoms with Gasteiger partial charge in [-0.15, -0.1) is 6.42 Å². The molecule has 41 valence electrons. The van der Waals surface area contributed by atoms with Gasteiger partial charge in [-0.25, -0.2) is 0 Å². The van der Waals surface area contributed by atoms with Crippen molar-refractivity contribution in [3.05, 3.63) is 14.4 Å². The first kappa shape index (κ1) is 15.7. The molecule has 0 amide bonds. The average molecular weight is 175 g/mol. The average Bonchev–Trinajstić information content (AvgIpc) is 1.38. The first-order chi connectivity index (χ1) is 2.27. The van der Waals surface area contributed by atoms with Crippen LogP contribution in [0, 0.1) is 14.4 Å². The SMILES string of the molecule is [CH2-]CC(C)=O.[CH3-].[Y]. The maximum Gasteiger partial charge on any atom is 0.0998 e. The normalized spacial score (nSPS) is 5.43. The molecule has 0 spiro atoms. The fourth-order valence-electron chi connectivity index (χ4n) is 0. The van der Waals surface area contributed by atoms with E-state index >= 15 is 0 Å². The summed E-state index contributed by atoms with van der Waals surface area (Å²) in [6.07, 6.45) is 0.417. The van der Waals surface area contributed by atoms with Crippen LogP contribution in [0.15, 0.2) is 0 Å². The van der Waals surface area contributed by atoms with E-state index < -0.39 is 0 Å². The molecule has 0 atom stereocenters. The van der Waals surface area contributed by atoms with Crippen molar-refractivity contribution in [2.75, 3.05) is 0 Å². The van der Waals surface area contributed by atoms with Gasteiger partial charge in [0, 0.05) is 32.7 Å². The van der Waals surface area contributed by atoms with Crippen LogP contribution in [0.4, 0.5) is 0 Å². The van der Waals surface area contributed by atoms with Crippen LogP contribution in [-0.2, 0) is 37.5 Å². The fraction of sp³-hybridized carbons (Fsp3) is 0.400. The van der Waals surface area contributed by atoms with Crippen molar-refractivity contribution < 1.29 is 37.5 Å². The Balaban J connectivity index is -0.0000000800. The zero-order valence-corrected chi connectivity index (χ0v) is 7.74. The van der Waals surface area contributed by atoms with Crippen LogP contribution >= 0.6 is 0 Å². The second-order valence-corrected chi connectivity index (χ2v) is 0.952. The van der Waals surface area contributed by atoms with Crippen molar-refractivity contribution in [3.8, 4) is 0 Å². The van der Waals surface area contributed by atoms with Crippen LogP contribution in [0.1, 0.15) is 13.3 Å². The Morgan fingerprint density at radius 3 is 1.86 bits per heavy atom. The molecule has 0 aliphatic rings. The molecule has 0 aromatic carbocycles. The molecule has 0 unspecified atom stereocenters. The van der Waals surface area contributed by atoms with E-state index in [0.717, 1.165) is 0 Å². The van der Waals surface area contributed by atoms with E-state index in [9.17, 15) is 4.79 Å². The van der Waals surface area contributed by atoms with Crippen molar-refractivity contribution in [3.63, 3.8) is 0 Å². The summed E-state index contributed by atoms with van der Waals surface area (Å²) in [6.45, 7) is 4.86. The number of hydrogen-bond donors (Lipinski definition) is 0. The van der Waals surface area contributed by atoms with Crippen LogP contribution in [0.25, 0.3) is 0 Å². The largest absolute Gasteiger partial charge is 0.358 e. The summed E-state index contributed by atoms with van der Waals surface area (Å²) in [5.74, 6) is 0.144. The molecule has 1 nitrogen and oxygen atoms in total. The van der Waals surface area contributed by atoms with Crippen LogP contribution < -0.4 is 0 Å². The maximum atomic E-state index is 9.75. The molecule has 7 heavy (non-hydrogen) atoms. The number of ketones is 1. The molecule has 2 heteroatoms. The second-order valence-electron chi connectivity index (χ2n) is 0.952. The second kappa shape index (κ2) is 9.91. The predicted octanol–water partition coefficient (Wildman–Crippen LogP) is 1.25. The number of carbonyl (C=O) groups excluding carboxylic acids is 1. The summed E-state index contributed by atoms with van der Waals surface area (Å²) in [4.78, 5) is 9.75. The van der Waals surface area contributed by atoms with E-state index in [1.165, 1.54) is 6.92 Å². The third-order valence-electron chi connectivity index (χ3n) is 0.352. The standard InChI is InChI=1S/C4H7O.CH3.Y/c1-3-4(2)5;;/h1,3H2,2H3;1H3;/q2*-1;. The van der Waals surface area contributed by atoms with Gasteiger partial charge in [0.15, 0.2) is 0 Å². The van der Waals surface area contributed by atoms with Crippen molar-refractivity contribution in [1.82, 2.24) is 0 Å². The first-order valence-electron chi connectivity index (χ1n) is 1.56. The summed E-state index contributed by atoms with van der Waals surface area (Å²) in [5, 5.41) is 0. The minimum absolute atomic E-state index is 0. The molecule has 0 aliphatic heterocycles. The Morgan fingerprint density at radius 2 is 1.86 bits per heavy atom. The van der Waals surface area contributed by atoms with E-state index in [2.05, 4.69) is 6.92 Å². The minimum atomic E-state index is 0. The maximum absolute atomic E-state index is 9.75. The Kier molecular flexibility index (Phi) is 22.2. The van der Waals surface area contributed by atoms with Crippen molar-refractivity contribution >= 4 is 5.78 Å². The number of Topliss-reactive ketones (excluding diaryl/α,β-unsaturated/α-hetero) is 1. The molecule has 0 fully saturated rings. The van der Waals surface area contributed by atoms with Gasteiger partial charge in [-0.05, 0) is 6.92 Å². The van der Waals surface area contributed by atoms with Crippen LogP contribution in [0.3, 0.4) is 0 Å². The Labute approximate surface area is 70.8 Å². The molecule has 0 saturated heterocycles. The van der Waals surface area contributed by atoms with Gasteiger partial charge in [0.05, 0.1) is 5.78 Å². The summed E-state index contributed by atoms with van der Waals surface area (Å²) in [6, 6.07) is 0. The summed E-state index contributed by atoms with van der Waals surface area (Å²) < 4.78 is 0. The van der Waals surface area contributed by atoms with Gasteiger partial charge < -0.3 is 19.1 Å². The number of hydrogen-bond acceptors (Lipinski definition) is 1.